The lowest BCUT2D eigenvalue weighted by Gasteiger charge is -1.99. The number of amides is 1. The molecule has 1 N–H and O–H groups in total. The maximum absolute atomic E-state index is 11.5. The monoisotopic (exact) mass is 244 g/mol. The van der Waals surface area contributed by atoms with Gasteiger partial charge >= 0.3 is 5.91 Å². The van der Waals surface area contributed by atoms with E-state index < -0.39 is 0 Å². The van der Waals surface area contributed by atoms with Gasteiger partial charge in [-0.25, -0.2) is 5.43 Å². The van der Waals surface area contributed by atoms with Gasteiger partial charge in [-0.15, -0.1) is 0 Å². The van der Waals surface area contributed by atoms with E-state index in [0.29, 0.717) is 0 Å². The van der Waals surface area contributed by atoms with Crippen LogP contribution in [-0.4, -0.2) is 19.2 Å². The minimum Gasteiger partial charge on any atom is -0.497 e. The first-order valence-corrected chi connectivity index (χ1v) is 5.30. The normalized spacial score (nSPS) is 10.5. The fourth-order valence-corrected chi connectivity index (χ4v) is 1.35. The van der Waals surface area contributed by atoms with Crippen LogP contribution >= 0.6 is 0 Å². The average molecular weight is 244 g/mol. The largest absolute Gasteiger partial charge is 0.497 e. The molecular formula is C13H12N2O3. The van der Waals surface area contributed by atoms with Gasteiger partial charge < -0.3 is 9.15 Å². The lowest BCUT2D eigenvalue weighted by atomic mass is 10.2. The van der Waals surface area contributed by atoms with Gasteiger partial charge in [-0.3, -0.25) is 4.79 Å². The highest BCUT2D eigenvalue weighted by Crippen LogP contribution is 2.10. The summed E-state index contributed by atoms with van der Waals surface area (Å²) in [7, 11) is 1.59. The minimum atomic E-state index is -0.390. The Morgan fingerprint density at radius 2 is 2.28 bits per heavy atom. The standard InChI is InChI=1S/C13H12N2O3/c1-17-11-5-2-4-10(8-11)9-14-15-13(16)12-6-3-7-18-12/h2-9H,1H3,(H,15,16)/b14-9+. The molecule has 0 saturated heterocycles. The molecule has 0 spiro atoms. The predicted molar refractivity (Wildman–Crippen MR) is 66.8 cm³/mol. The van der Waals surface area contributed by atoms with Crippen LogP contribution < -0.4 is 10.2 Å². The number of nitrogens with one attached hydrogen (secondary N) is 1. The lowest BCUT2D eigenvalue weighted by Crippen LogP contribution is -2.16. The van der Waals surface area contributed by atoms with Gasteiger partial charge in [-0.1, -0.05) is 12.1 Å². The Labute approximate surface area is 104 Å². The molecule has 1 heterocycles. The number of methoxy groups -OCH3 is 1. The fraction of sp³-hybridized carbons (Fsp3) is 0.0769. The number of hydrazone groups is 1. The van der Waals surface area contributed by atoms with E-state index in [2.05, 4.69) is 10.5 Å². The van der Waals surface area contributed by atoms with Gasteiger partial charge in [0.15, 0.2) is 5.76 Å². The third kappa shape index (κ3) is 2.98. The van der Waals surface area contributed by atoms with Crippen molar-refractivity contribution in [3.05, 3.63) is 54.0 Å². The zero-order valence-electron chi connectivity index (χ0n) is 9.79. The van der Waals surface area contributed by atoms with Crippen LogP contribution in [0.25, 0.3) is 0 Å². The molecule has 0 aliphatic rings. The van der Waals surface area contributed by atoms with Crippen molar-refractivity contribution in [2.75, 3.05) is 7.11 Å². The number of carbonyl (C=O) groups excluding carboxylic acids is 1. The molecule has 5 nitrogen and oxygen atoms in total. The van der Waals surface area contributed by atoms with E-state index >= 15 is 0 Å². The lowest BCUT2D eigenvalue weighted by molar-refractivity contribution is 0.0927. The molecule has 18 heavy (non-hydrogen) atoms. The maximum atomic E-state index is 11.5. The van der Waals surface area contributed by atoms with Gasteiger partial charge in [-0.05, 0) is 29.8 Å². The first-order chi connectivity index (χ1) is 8.79. The summed E-state index contributed by atoms with van der Waals surface area (Å²) < 4.78 is 10.0. The van der Waals surface area contributed by atoms with Crippen LogP contribution in [0, 0.1) is 0 Å². The van der Waals surface area contributed by atoms with Gasteiger partial charge in [-0.2, -0.15) is 5.10 Å². The molecule has 0 atom stereocenters. The molecule has 0 radical (unpaired) electrons. The number of ether oxygens (including phenoxy) is 1. The second kappa shape index (κ2) is 5.67. The second-order valence-corrected chi connectivity index (χ2v) is 3.45. The third-order valence-corrected chi connectivity index (χ3v) is 2.22. The van der Waals surface area contributed by atoms with Gasteiger partial charge in [0.05, 0.1) is 19.6 Å². The molecule has 0 aliphatic carbocycles. The fourth-order valence-electron chi connectivity index (χ4n) is 1.35. The Bertz CT molecular complexity index is 547. The van der Waals surface area contributed by atoms with Crippen molar-refractivity contribution in [1.82, 2.24) is 5.43 Å². The third-order valence-electron chi connectivity index (χ3n) is 2.22. The Morgan fingerprint density at radius 1 is 1.39 bits per heavy atom. The molecule has 0 aliphatic heterocycles. The summed E-state index contributed by atoms with van der Waals surface area (Å²) in [5, 5.41) is 3.83. The van der Waals surface area contributed by atoms with E-state index in [4.69, 9.17) is 9.15 Å². The molecule has 2 aromatic rings. The Hall–Kier alpha value is -2.56. The van der Waals surface area contributed by atoms with Crippen LogP contribution in [-0.2, 0) is 0 Å². The number of benzene rings is 1. The molecule has 0 saturated carbocycles. The van der Waals surface area contributed by atoms with Crippen molar-refractivity contribution in [1.29, 1.82) is 0 Å². The molecule has 0 unspecified atom stereocenters. The van der Waals surface area contributed by atoms with E-state index in [9.17, 15) is 4.79 Å². The molecule has 5 heteroatoms. The molecule has 1 amide bonds. The van der Waals surface area contributed by atoms with Gasteiger partial charge in [0.25, 0.3) is 0 Å². The number of carbonyl (C=O) groups is 1. The zero-order chi connectivity index (χ0) is 12.8. The van der Waals surface area contributed by atoms with Crippen LogP contribution in [0.5, 0.6) is 5.75 Å². The smallest absolute Gasteiger partial charge is 0.307 e. The van der Waals surface area contributed by atoms with E-state index in [1.165, 1.54) is 12.5 Å². The van der Waals surface area contributed by atoms with E-state index in [1.807, 2.05) is 24.3 Å². The number of rotatable bonds is 4. The van der Waals surface area contributed by atoms with Crippen molar-refractivity contribution in [3.63, 3.8) is 0 Å². The zero-order valence-corrected chi connectivity index (χ0v) is 9.79. The summed E-state index contributed by atoms with van der Waals surface area (Å²) in [5.74, 6) is 0.563. The molecule has 0 fully saturated rings. The summed E-state index contributed by atoms with van der Waals surface area (Å²) in [5.41, 5.74) is 3.19. The molecular weight excluding hydrogens is 232 g/mol. The summed E-state index contributed by atoms with van der Waals surface area (Å²) in [6.45, 7) is 0. The Balaban J connectivity index is 1.97. The average Bonchev–Trinajstić information content (AvgIpc) is 2.93. The van der Waals surface area contributed by atoms with Crippen LogP contribution in [0.1, 0.15) is 16.1 Å². The highest BCUT2D eigenvalue weighted by atomic mass is 16.5. The van der Waals surface area contributed by atoms with Crippen LogP contribution in [0.2, 0.25) is 0 Å². The number of furan rings is 1. The number of nitrogens with zero attached hydrogens (tertiary/aromatic N) is 1. The van der Waals surface area contributed by atoms with Gasteiger partial charge in [0.2, 0.25) is 0 Å². The first-order valence-electron chi connectivity index (χ1n) is 5.30. The highest BCUT2D eigenvalue weighted by Gasteiger charge is 2.05. The molecule has 1 aromatic heterocycles. The maximum Gasteiger partial charge on any atom is 0.307 e. The van der Waals surface area contributed by atoms with E-state index in [0.717, 1.165) is 11.3 Å². The predicted octanol–water partition coefficient (Wildman–Crippen LogP) is 2.05. The van der Waals surface area contributed by atoms with Crippen LogP contribution in [0.15, 0.2) is 52.2 Å². The van der Waals surface area contributed by atoms with Crippen molar-refractivity contribution in [2.45, 2.75) is 0 Å². The SMILES string of the molecule is COc1cccc(/C=N/NC(=O)c2ccco2)c1. The summed E-state index contributed by atoms with van der Waals surface area (Å²) in [6.07, 6.45) is 2.96. The van der Waals surface area contributed by atoms with Gasteiger partial charge in [0.1, 0.15) is 5.75 Å². The summed E-state index contributed by atoms with van der Waals surface area (Å²) >= 11 is 0. The number of hydrogen-bond donors (Lipinski definition) is 1. The van der Waals surface area contributed by atoms with E-state index in [1.54, 1.807) is 19.2 Å². The molecule has 0 bridgehead atoms. The Kier molecular flexibility index (Phi) is 3.76. The summed E-state index contributed by atoms with van der Waals surface area (Å²) in [6, 6.07) is 10.5. The number of hydrogen-bond acceptors (Lipinski definition) is 4. The van der Waals surface area contributed by atoms with Crippen molar-refractivity contribution >= 4 is 12.1 Å². The molecule has 2 rings (SSSR count). The van der Waals surface area contributed by atoms with Crippen molar-refractivity contribution < 1.29 is 13.9 Å². The Morgan fingerprint density at radius 3 is 3.00 bits per heavy atom. The van der Waals surface area contributed by atoms with Crippen LogP contribution in [0.4, 0.5) is 0 Å². The van der Waals surface area contributed by atoms with Crippen LogP contribution in [0.3, 0.4) is 0 Å². The quantitative estimate of drug-likeness (QED) is 0.661. The van der Waals surface area contributed by atoms with E-state index in [-0.39, 0.29) is 11.7 Å². The molecule has 1 aromatic carbocycles. The first kappa shape index (κ1) is 11.9. The minimum absolute atomic E-state index is 0.220. The van der Waals surface area contributed by atoms with Crippen molar-refractivity contribution in [3.8, 4) is 5.75 Å². The second-order valence-electron chi connectivity index (χ2n) is 3.45. The molecule has 92 valence electrons. The summed E-state index contributed by atoms with van der Waals surface area (Å²) in [4.78, 5) is 11.5. The topological polar surface area (TPSA) is 63.8 Å². The van der Waals surface area contributed by atoms with Gasteiger partial charge in [0, 0.05) is 0 Å². The highest BCUT2D eigenvalue weighted by molar-refractivity contribution is 5.92. The van der Waals surface area contributed by atoms with Crippen molar-refractivity contribution in [2.24, 2.45) is 5.10 Å².